The number of carbonyl (C=O) groups is 2. The lowest BCUT2D eigenvalue weighted by atomic mass is 10.2. The van der Waals surface area contributed by atoms with Crippen LogP contribution < -0.4 is 4.74 Å². The molecule has 136 valence electrons. The molecule has 0 unspecified atom stereocenters. The van der Waals surface area contributed by atoms with Gasteiger partial charge in [-0.05, 0) is 38.1 Å². The summed E-state index contributed by atoms with van der Waals surface area (Å²) in [5.41, 5.74) is 0.732. The van der Waals surface area contributed by atoms with Gasteiger partial charge >= 0.3 is 5.97 Å². The molecule has 0 radical (unpaired) electrons. The Morgan fingerprint density at radius 1 is 1.32 bits per heavy atom. The van der Waals surface area contributed by atoms with Gasteiger partial charge < -0.3 is 19.1 Å². The predicted octanol–water partition coefficient (Wildman–Crippen LogP) is 2.65. The minimum absolute atomic E-state index is 0.0210. The third-order valence-electron chi connectivity index (χ3n) is 3.70. The Morgan fingerprint density at radius 2 is 2.00 bits per heavy atom. The summed E-state index contributed by atoms with van der Waals surface area (Å²) in [4.78, 5) is 25.7. The Labute approximate surface area is 155 Å². The van der Waals surface area contributed by atoms with E-state index < -0.39 is 5.97 Å². The molecular formula is C18H22BrNO5. The minimum atomic E-state index is -0.579. The second-order valence-electron chi connectivity index (χ2n) is 5.88. The Bertz CT molecular complexity index is 651. The molecule has 2 rings (SSSR count). The monoisotopic (exact) mass is 411 g/mol. The minimum Gasteiger partial charge on any atom is -0.496 e. The molecule has 0 saturated carbocycles. The first-order chi connectivity index (χ1) is 11.9. The number of benzene rings is 1. The second kappa shape index (κ2) is 9.01. The number of amides is 1. The van der Waals surface area contributed by atoms with Crippen molar-refractivity contribution >= 4 is 33.9 Å². The van der Waals surface area contributed by atoms with Crippen molar-refractivity contribution in [3.8, 4) is 5.75 Å². The van der Waals surface area contributed by atoms with Crippen LogP contribution in [0.15, 0.2) is 28.7 Å². The second-order valence-corrected chi connectivity index (χ2v) is 6.80. The van der Waals surface area contributed by atoms with E-state index in [9.17, 15) is 9.59 Å². The molecule has 1 fully saturated rings. The average Bonchev–Trinajstić information content (AvgIpc) is 2.57. The summed E-state index contributed by atoms with van der Waals surface area (Å²) in [5.74, 6) is -0.159. The van der Waals surface area contributed by atoms with Crippen molar-refractivity contribution < 1.29 is 23.8 Å². The number of esters is 1. The highest BCUT2D eigenvalue weighted by atomic mass is 79.9. The van der Waals surface area contributed by atoms with E-state index >= 15 is 0 Å². The van der Waals surface area contributed by atoms with Gasteiger partial charge in [-0.1, -0.05) is 15.9 Å². The quantitative estimate of drug-likeness (QED) is 0.550. The molecule has 6 nitrogen and oxygen atoms in total. The molecule has 1 saturated heterocycles. The fraction of sp³-hybridized carbons (Fsp3) is 0.444. The fourth-order valence-electron chi connectivity index (χ4n) is 2.65. The van der Waals surface area contributed by atoms with E-state index in [1.807, 2.05) is 26.0 Å². The zero-order valence-corrected chi connectivity index (χ0v) is 16.1. The van der Waals surface area contributed by atoms with Crippen LogP contribution in [0.1, 0.15) is 19.4 Å². The molecule has 7 heteroatoms. The van der Waals surface area contributed by atoms with Crippen LogP contribution in [0.3, 0.4) is 0 Å². The van der Waals surface area contributed by atoms with E-state index in [1.54, 1.807) is 24.2 Å². The highest BCUT2D eigenvalue weighted by Crippen LogP contribution is 2.24. The van der Waals surface area contributed by atoms with E-state index in [4.69, 9.17) is 14.2 Å². The molecule has 0 bridgehead atoms. The lowest BCUT2D eigenvalue weighted by molar-refractivity contribution is -0.154. The first kappa shape index (κ1) is 19.5. The number of nitrogens with zero attached hydrogens (tertiary/aromatic N) is 1. The number of rotatable bonds is 5. The molecular weight excluding hydrogens is 390 g/mol. The van der Waals surface area contributed by atoms with Gasteiger partial charge in [-0.15, -0.1) is 0 Å². The van der Waals surface area contributed by atoms with Crippen molar-refractivity contribution in [2.45, 2.75) is 26.1 Å². The smallest absolute Gasteiger partial charge is 0.331 e. The summed E-state index contributed by atoms with van der Waals surface area (Å²) >= 11 is 3.37. The maximum atomic E-state index is 12.2. The highest BCUT2D eigenvalue weighted by Gasteiger charge is 2.26. The van der Waals surface area contributed by atoms with Crippen LogP contribution in [0.2, 0.25) is 0 Å². The molecule has 0 aliphatic carbocycles. The number of carbonyl (C=O) groups excluding carboxylic acids is 2. The molecule has 1 heterocycles. The molecule has 1 aliphatic heterocycles. The number of halogens is 1. The van der Waals surface area contributed by atoms with E-state index in [-0.39, 0.29) is 24.7 Å². The largest absolute Gasteiger partial charge is 0.496 e. The molecule has 0 spiro atoms. The normalized spacial score (nSPS) is 20.6. The Kier molecular flexibility index (Phi) is 7.01. The summed E-state index contributed by atoms with van der Waals surface area (Å²) in [6.07, 6.45) is 2.83. The maximum absolute atomic E-state index is 12.2. The van der Waals surface area contributed by atoms with Crippen LogP contribution in [0.25, 0.3) is 6.08 Å². The average molecular weight is 412 g/mol. The van der Waals surface area contributed by atoms with Crippen LogP contribution >= 0.6 is 15.9 Å². The van der Waals surface area contributed by atoms with Crippen molar-refractivity contribution in [1.29, 1.82) is 0 Å². The predicted molar refractivity (Wildman–Crippen MR) is 97.3 cm³/mol. The summed E-state index contributed by atoms with van der Waals surface area (Å²) in [5, 5.41) is 0. The lowest BCUT2D eigenvalue weighted by Gasteiger charge is -2.35. The SMILES string of the molecule is COc1ccc(Br)cc1/C=C/C(=O)OCC(=O)N1C[C@H](C)O[C@@H](C)C1. The van der Waals surface area contributed by atoms with Gasteiger partial charge in [0.05, 0.1) is 19.3 Å². The number of hydrogen-bond donors (Lipinski definition) is 0. The van der Waals surface area contributed by atoms with Crippen molar-refractivity contribution in [2.24, 2.45) is 0 Å². The van der Waals surface area contributed by atoms with Gasteiger partial charge in [0.15, 0.2) is 6.61 Å². The summed E-state index contributed by atoms with van der Waals surface area (Å²) in [6, 6.07) is 5.46. The summed E-state index contributed by atoms with van der Waals surface area (Å²) in [7, 11) is 1.56. The molecule has 1 aromatic carbocycles. The van der Waals surface area contributed by atoms with Gasteiger partial charge in [-0.25, -0.2) is 4.79 Å². The molecule has 1 amide bonds. The van der Waals surface area contributed by atoms with Crippen LogP contribution in [0, 0.1) is 0 Å². The fourth-order valence-corrected chi connectivity index (χ4v) is 3.03. The number of methoxy groups -OCH3 is 1. The van der Waals surface area contributed by atoms with E-state index in [0.717, 1.165) is 10.0 Å². The molecule has 0 aromatic heterocycles. The molecule has 1 aromatic rings. The summed E-state index contributed by atoms with van der Waals surface area (Å²) < 4.78 is 16.7. The lowest BCUT2D eigenvalue weighted by Crippen LogP contribution is -2.49. The molecule has 25 heavy (non-hydrogen) atoms. The van der Waals surface area contributed by atoms with Crippen molar-refractivity contribution in [2.75, 3.05) is 26.8 Å². The summed E-state index contributed by atoms with van der Waals surface area (Å²) in [6.45, 7) is 4.56. The molecule has 2 atom stereocenters. The maximum Gasteiger partial charge on any atom is 0.331 e. The number of morpholine rings is 1. The third-order valence-corrected chi connectivity index (χ3v) is 4.19. The number of hydrogen-bond acceptors (Lipinski definition) is 5. The Hall–Kier alpha value is -1.86. The van der Waals surface area contributed by atoms with Crippen LogP contribution in [-0.2, 0) is 19.1 Å². The van der Waals surface area contributed by atoms with Crippen LogP contribution in [-0.4, -0.2) is 55.8 Å². The van der Waals surface area contributed by atoms with Gasteiger partial charge in [0.1, 0.15) is 5.75 Å². The van der Waals surface area contributed by atoms with Crippen molar-refractivity contribution in [1.82, 2.24) is 4.90 Å². The van der Waals surface area contributed by atoms with Gasteiger partial charge in [0.2, 0.25) is 0 Å². The van der Waals surface area contributed by atoms with Gasteiger partial charge in [-0.2, -0.15) is 0 Å². The highest BCUT2D eigenvalue weighted by molar-refractivity contribution is 9.10. The van der Waals surface area contributed by atoms with E-state index in [0.29, 0.717) is 18.8 Å². The zero-order chi connectivity index (χ0) is 18.4. The Morgan fingerprint density at radius 3 is 2.64 bits per heavy atom. The number of ether oxygens (including phenoxy) is 3. The van der Waals surface area contributed by atoms with Crippen molar-refractivity contribution in [3.63, 3.8) is 0 Å². The zero-order valence-electron chi connectivity index (χ0n) is 14.5. The van der Waals surface area contributed by atoms with E-state index in [2.05, 4.69) is 15.9 Å². The Balaban J connectivity index is 1.88. The standard InChI is InChI=1S/C18H22BrNO5/c1-12-9-20(10-13(2)25-12)17(21)11-24-18(22)7-4-14-8-15(19)5-6-16(14)23-3/h4-8,12-13H,9-11H2,1-3H3/b7-4+/t12-,13-/m0/s1. The first-order valence-corrected chi connectivity index (χ1v) is 8.80. The topological polar surface area (TPSA) is 65.1 Å². The van der Waals surface area contributed by atoms with Crippen LogP contribution in [0.4, 0.5) is 0 Å². The molecule has 0 N–H and O–H groups in total. The van der Waals surface area contributed by atoms with E-state index in [1.165, 1.54) is 6.08 Å². The van der Waals surface area contributed by atoms with Gasteiger partial charge in [0.25, 0.3) is 5.91 Å². The molecule has 1 aliphatic rings. The van der Waals surface area contributed by atoms with Gasteiger partial charge in [-0.3, -0.25) is 4.79 Å². The third kappa shape index (κ3) is 5.86. The van der Waals surface area contributed by atoms with Gasteiger partial charge in [0, 0.05) is 29.2 Å². The van der Waals surface area contributed by atoms with Crippen molar-refractivity contribution in [3.05, 3.63) is 34.3 Å². The van der Waals surface area contributed by atoms with Crippen LogP contribution in [0.5, 0.6) is 5.75 Å². The first-order valence-electron chi connectivity index (χ1n) is 8.00.